The lowest BCUT2D eigenvalue weighted by atomic mass is 10.2. The molecule has 19 heavy (non-hydrogen) atoms. The Morgan fingerprint density at radius 3 is 2.11 bits per heavy atom. The molecule has 2 rings (SSSR count). The third-order valence-corrected chi connectivity index (χ3v) is 3.45. The van der Waals surface area contributed by atoms with E-state index in [1.165, 1.54) is 12.1 Å². The minimum atomic E-state index is -4.02. The molecule has 0 amide bonds. The fraction of sp³-hybridized carbons (Fsp3) is 0.308. The number of nitrogens with zero attached hydrogens (tertiary/aromatic N) is 2. The highest BCUT2D eigenvalue weighted by atomic mass is 32.2. The minimum Gasteiger partial charge on any atom is -0.335 e. The van der Waals surface area contributed by atoms with Crippen molar-refractivity contribution < 1.29 is 13.0 Å². The minimum absolute atomic E-state index is 0.0666. The lowest BCUT2D eigenvalue weighted by Gasteiger charge is -1.95. The summed E-state index contributed by atoms with van der Waals surface area (Å²) in [7, 11) is -4.02. The number of hydrogen-bond acceptors (Lipinski definition) is 3. The molecule has 0 saturated heterocycles. The SMILES string of the molecule is CCn1ccnc1C.Cc1ccc(S(=O)(=O)O)cc1. The molecule has 0 aliphatic carbocycles. The van der Waals surface area contributed by atoms with Gasteiger partial charge in [0.1, 0.15) is 5.82 Å². The van der Waals surface area contributed by atoms with Crippen LogP contribution < -0.4 is 0 Å². The molecule has 0 aliphatic rings. The Balaban J connectivity index is 0.000000200. The molecule has 0 bridgehead atoms. The fourth-order valence-corrected chi connectivity index (χ4v) is 1.93. The molecule has 1 aromatic heterocycles. The topological polar surface area (TPSA) is 72.2 Å². The van der Waals surface area contributed by atoms with Gasteiger partial charge in [0.2, 0.25) is 0 Å². The van der Waals surface area contributed by atoms with Crippen molar-refractivity contribution in [3.05, 3.63) is 48.0 Å². The van der Waals surface area contributed by atoms with Crippen LogP contribution in [-0.2, 0) is 16.7 Å². The Morgan fingerprint density at radius 2 is 1.79 bits per heavy atom. The predicted octanol–water partition coefficient (Wildman–Crippen LogP) is 2.45. The molecular weight excluding hydrogens is 264 g/mol. The van der Waals surface area contributed by atoms with Crippen molar-refractivity contribution in [1.29, 1.82) is 0 Å². The van der Waals surface area contributed by atoms with Gasteiger partial charge in [-0.25, -0.2) is 4.98 Å². The smallest absolute Gasteiger partial charge is 0.294 e. The molecule has 2 aromatic rings. The number of aryl methyl sites for hydroxylation is 3. The summed E-state index contributed by atoms with van der Waals surface area (Å²) in [6.07, 6.45) is 3.80. The van der Waals surface area contributed by atoms with E-state index in [4.69, 9.17) is 4.55 Å². The van der Waals surface area contributed by atoms with Crippen LogP contribution in [0.5, 0.6) is 0 Å². The van der Waals surface area contributed by atoms with Crippen LogP contribution >= 0.6 is 0 Å². The molecule has 1 aromatic carbocycles. The zero-order chi connectivity index (χ0) is 14.5. The van der Waals surface area contributed by atoms with E-state index in [9.17, 15) is 8.42 Å². The van der Waals surface area contributed by atoms with Crippen molar-refractivity contribution in [2.45, 2.75) is 32.2 Å². The summed E-state index contributed by atoms with van der Waals surface area (Å²) in [5.74, 6) is 1.09. The monoisotopic (exact) mass is 282 g/mol. The third kappa shape index (κ3) is 4.84. The third-order valence-electron chi connectivity index (χ3n) is 2.58. The van der Waals surface area contributed by atoms with Gasteiger partial charge in [-0.05, 0) is 32.9 Å². The summed E-state index contributed by atoms with van der Waals surface area (Å²) < 4.78 is 31.6. The van der Waals surface area contributed by atoms with Crippen molar-refractivity contribution in [1.82, 2.24) is 9.55 Å². The molecule has 0 spiro atoms. The summed E-state index contributed by atoms with van der Waals surface area (Å²) in [6, 6.07) is 5.99. The molecule has 0 fully saturated rings. The van der Waals surface area contributed by atoms with Gasteiger partial charge in [0, 0.05) is 18.9 Å². The van der Waals surface area contributed by atoms with E-state index >= 15 is 0 Å². The zero-order valence-corrected chi connectivity index (χ0v) is 12.1. The highest BCUT2D eigenvalue weighted by Crippen LogP contribution is 2.08. The van der Waals surface area contributed by atoms with E-state index in [1.54, 1.807) is 12.1 Å². The van der Waals surface area contributed by atoms with Crippen LogP contribution in [0, 0.1) is 13.8 Å². The molecule has 0 saturated carbocycles. The van der Waals surface area contributed by atoms with Gasteiger partial charge in [-0.2, -0.15) is 8.42 Å². The van der Waals surface area contributed by atoms with Crippen molar-refractivity contribution in [2.24, 2.45) is 0 Å². The van der Waals surface area contributed by atoms with E-state index in [2.05, 4.69) is 16.5 Å². The number of aromatic nitrogens is 2. The number of rotatable bonds is 2. The summed E-state index contributed by atoms with van der Waals surface area (Å²) in [6.45, 7) is 6.97. The zero-order valence-electron chi connectivity index (χ0n) is 11.2. The molecule has 0 unspecified atom stereocenters. The second-order valence-corrected chi connectivity index (χ2v) is 5.47. The van der Waals surface area contributed by atoms with E-state index < -0.39 is 10.1 Å². The molecule has 104 valence electrons. The van der Waals surface area contributed by atoms with Gasteiger partial charge < -0.3 is 4.57 Å². The van der Waals surface area contributed by atoms with E-state index in [0.717, 1.165) is 17.9 Å². The second kappa shape index (κ2) is 6.49. The summed E-state index contributed by atoms with van der Waals surface area (Å²) in [4.78, 5) is 3.98. The summed E-state index contributed by atoms with van der Waals surface area (Å²) >= 11 is 0. The number of imidazole rings is 1. The molecule has 5 nitrogen and oxygen atoms in total. The Morgan fingerprint density at radius 1 is 1.21 bits per heavy atom. The van der Waals surface area contributed by atoms with Gasteiger partial charge in [0.25, 0.3) is 10.1 Å². The van der Waals surface area contributed by atoms with Gasteiger partial charge in [-0.15, -0.1) is 0 Å². The van der Waals surface area contributed by atoms with Gasteiger partial charge in [-0.3, -0.25) is 4.55 Å². The molecule has 6 heteroatoms. The Kier molecular flexibility index (Phi) is 5.26. The van der Waals surface area contributed by atoms with Gasteiger partial charge in [0.05, 0.1) is 4.90 Å². The maximum atomic E-state index is 10.5. The average Bonchev–Trinajstić information content (AvgIpc) is 2.75. The van der Waals surface area contributed by atoms with E-state index in [1.807, 2.05) is 26.2 Å². The van der Waals surface area contributed by atoms with Crippen LogP contribution in [0.1, 0.15) is 18.3 Å². The Labute approximate surface area is 113 Å². The quantitative estimate of drug-likeness (QED) is 0.859. The van der Waals surface area contributed by atoms with Gasteiger partial charge >= 0.3 is 0 Å². The molecule has 1 N–H and O–H groups in total. The molecule has 0 aliphatic heterocycles. The van der Waals surface area contributed by atoms with Gasteiger partial charge in [0.15, 0.2) is 0 Å². The van der Waals surface area contributed by atoms with Crippen molar-refractivity contribution >= 4 is 10.1 Å². The lowest BCUT2D eigenvalue weighted by molar-refractivity contribution is 0.483. The molecule has 1 heterocycles. The Bertz CT molecular complexity index is 616. The van der Waals surface area contributed by atoms with Crippen molar-refractivity contribution in [3.63, 3.8) is 0 Å². The maximum Gasteiger partial charge on any atom is 0.294 e. The highest BCUT2D eigenvalue weighted by molar-refractivity contribution is 7.85. The predicted molar refractivity (Wildman–Crippen MR) is 73.6 cm³/mol. The van der Waals surface area contributed by atoms with Crippen LogP contribution in [0.2, 0.25) is 0 Å². The van der Waals surface area contributed by atoms with Crippen LogP contribution in [0.3, 0.4) is 0 Å². The fourth-order valence-electron chi connectivity index (χ4n) is 1.45. The second-order valence-electron chi connectivity index (χ2n) is 4.05. The van der Waals surface area contributed by atoms with Gasteiger partial charge in [-0.1, -0.05) is 17.7 Å². The van der Waals surface area contributed by atoms with Crippen molar-refractivity contribution in [2.75, 3.05) is 0 Å². The normalized spacial score (nSPS) is 10.7. The largest absolute Gasteiger partial charge is 0.335 e. The first kappa shape index (κ1) is 15.4. The standard InChI is InChI=1S/C7H8O3S.C6H10N2/c1-6-2-4-7(5-3-6)11(8,9)10;1-3-8-5-4-7-6(8)2/h2-5H,1H3,(H,8,9,10);4-5H,3H2,1-2H3. The lowest BCUT2D eigenvalue weighted by Crippen LogP contribution is -1.96. The highest BCUT2D eigenvalue weighted by Gasteiger charge is 2.06. The first-order valence-electron chi connectivity index (χ1n) is 5.86. The number of hydrogen-bond donors (Lipinski definition) is 1. The van der Waals surface area contributed by atoms with Crippen LogP contribution in [0.15, 0.2) is 41.6 Å². The van der Waals surface area contributed by atoms with E-state index in [0.29, 0.717) is 0 Å². The number of benzene rings is 1. The van der Waals surface area contributed by atoms with Crippen molar-refractivity contribution in [3.8, 4) is 0 Å². The Hall–Kier alpha value is -1.66. The molecular formula is C13H18N2O3S. The molecule has 0 atom stereocenters. The van der Waals surface area contributed by atoms with E-state index in [-0.39, 0.29) is 4.90 Å². The van der Waals surface area contributed by atoms with Crippen LogP contribution in [-0.4, -0.2) is 22.5 Å². The van der Waals surface area contributed by atoms with Crippen LogP contribution in [0.4, 0.5) is 0 Å². The molecule has 0 radical (unpaired) electrons. The maximum absolute atomic E-state index is 10.5. The first-order valence-corrected chi connectivity index (χ1v) is 7.30. The average molecular weight is 282 g/mol. The first-order chi connectivity index (χ1) is 8.84. The summed E-state index contributed by atoms with van der Waals surface area (Å²) in [5, 5.41) is 0. The summed E-state index contributed by atoms with van der Waals surface area (Å²) in [5.41, 5.74) is 0.956. The van der Waals surface area contributed by atoms with Crippen LogP contribution in [0.25, 0.3) is 0 Å².